The van der Waals surface area contributed by atoms with Gasteiger partial charge < -0.3 is 15.0 Å². The first-order valence-corrected chi connectivity index (χ1v) is 9.80. The summed E-state index contributed by atoms with van der Waals surface area (Å²) in [6, 6.07) is 8.50. The minimum atomic E-state index is -0.372. The Labute approximate surface area is 166 Å². The van der Waals surface area contributed by atoms with E-state index in [1.165, 1.54) is 17.4 Å². The summed E-state index contributed by atoms with van der Waals surface area (Å²) in [5.74, 6) is 0.176. The molecule has 4 rings (SSSR count). The highest BCUT2D eigenvalue weighted by Crippen LogP contribution is 2.25. The number of ether oxygens (including phenoxy) is 1. The number of anilines is 2. The molecular weight excluding hydrogens is 379 g/mol. The lowest BCUT2D eigenvalue weighted by Crippen LogP contribution is -2.36. The van der Waals surface area contributed by atoms with Crippen molar-refractivity contribution in [2.24, 2.45) is 0 Å². The molecule has 0 atom stereocenters. The Morgan fingerprint density at radius 3 is 2.79 bits per heavy atom. The molecule has 1 aromatic carbocycles. The number of nitrogens with one attached hydrogen (secondary N) is 1. The smallest absolute Gasteiger partial charge is 0.275 e. The van der Waals surface area contributed by atoms with Crippen LogP contribution in [0.1, 0.15) is 16.1 Å². The van der Waals surface area contributed by atoms with Crippen molar-refractivity contribution in [2.45, 2.75) is 6.92 Å². The van der Waals surface area contributed by atoms with Gasteiger partial charge in [0.25, 0.3) is 5.91 Å². The Morgan fingerprint density at radius 2 is 2.07 bits per heavy atom. The van der Waals surface area contributed by atoms with Crippen LogP contribution >= 0.6 is 11.3 Å². The molecule has 1 aliphatic heterocycles. The first-order chi connectivity index (χ1) is 13.6. The zero-order valence-electron chi connectivity index (χ0n) is 15.3. The number of nitrogens with zero attached hydrogens (tertiary/aromatic N) is 3. The number of aryl methyl sites for hydroxylation is 1. The van der Waals surface area contributed by atoms with Gasteiger partial charge in [0.2, 0.25) is 0 Å². The van der Waals surface area contributed by atoms with E-state index < -0.39 is 0 Å². The quantitative estimate of drug-likeness (QED) is 0.725. The number of amides is 1. The lowest BCUT2D eigenvalue weighted by atomic mass is 10.2. The Kier molecular flexibility index (Phi) is 5.31. The van der Waals surface area contributed by atoms with Crippen LogP contribution < -0.4 is 10.2 Å². The Morgan fingerprint density at radius 1 is 1.25 bits per heavy atom. The van der Waals surface area contributed by atoms with E-state index in [0.29, 0.717) is 35.2 Å². The summed E-state index contributed by atoms with van der Waals surface area (Å²) in [5.41, 5.74) is 2.07. The third kappa shape index (κ3) is 4.02. The number of benzene rings is 1. The summed E-state index contributed by atoms with van der Waals surface area (Å²) in [4.78, 5) is 23.5. The molecule has 144 valence electrons. The van der Waals surface area contributed by atoms with Crippen molar-refractivity contribution < 1.29 is 13.9 Å². The zero-order valence-corrected chi connectivity index (χ0v) is 16.1. The second-order valence-electron chi connectivity index (χ2n) is 6.46. The fourth-order valence-corrected chi connectivity index (χ4v) is 3.66. The maximum absolute atomic E-state index is 13.6. The van der Waals surface area contributed by atoms with E-state index in [-0.39, 0.29) is 11.7 Å². The van der Waals surface area contributed by atoms with Crippen molar-refractivity contribution in [3.63, 3.8) is 0 Å². The lowest BCUT2D eigenvalue weighted by Gasteiger charge is -2.27. The molecule has 0 unspecified atom stereocenters. The SMILES string of the molecule is Cc1ccc(NC(=O)c2csc(-c3ccc(N4CCOCC4)nc3)n2)cc1F. The number of halogens is 1. The van der Waals surface area contributed by atoms with Crippen molar-refractivity contribution in [2.75, 3.05) is 36.5 Å². The highest BCUT2D eigenvalue weighted by molar-refractivity contribution is 7.13. The summed E-state index contributed by atoms with van der Waals surface area (Å²) in [5, 5.41) is 5.07. The van der Waals surface area contributed by atoms with Gasteiger partial charge in [0.1, 0.15) is 22.3 Å². The van der Waals surface area contributed by atoms with E-state index in [9.17, 15) is 9.18 Å². The Balaban J connectivity index is 1.46. The molecule has 1 saturated heterocycles. The van der Waals surface area contributed by atoms with Gasteiger partial charge in [-0.3, -0.25) is 4.79 Å². The van der Waals surface area contributed by atoms with Gasteiger partial charge in [-0.2, -0.15) is 0 Å². The molecule has 28 heavy (non-hydrogen) atoms. The van der Waals surface area contributed by atoms with Crippen LogP contribution in [0.4, 0.5) is 15.9 Å². The molecule has 3 aromatic rings. The molecule has 0 spiro atoms. The maximum atomic E-state index is 13.6. The number of carbonyl (C=O) groups excluding carboxylic acids is 1. The van der Waals surface area contributed by atoms with Crippen molar-refractivity contribution in [3.05, 3.63) is 59.0 Å². The van der Waals surface area contributed by atoms with Crippen LogP contribution in [0, 0.1) is 12.7 Å². The summed E-state index contributed by atoms with van der Waals surface area (Å²) in [6.07, 6.45) is 1.76. The summed E-state index contributed by atoms with van der Waals surface area (Å²) in [6.45, 7) is 4.74. The molecule has 0 aliphatic carbocycles. The molecular formula is C20H19FN4O2S. The van der Waals surface area contributed by atoms with Gasteiger partial charge in [-0.25, -0.2) is 14.4 Å². The van der Waals surface area contributed by atoms with E-state index in [1.54, 1.807) is 30.6 Å². The van der Waals surface area contributed by atoms with Crippen LogP contribution in [-0.4, -0.2) is 42.2 Å². The zero-order chi connectivity index (χ0) is 19.5. The number of thiazole rings is 1. The average Bonchev–Trinajstić information content (AvgIpc) is 3.22. The van der Waals surface area contributed by atoms with E-state index in [0.717, 1.165) is 24.5 Å². The monoisotopic (exact) mass is 398 g/mol. The standard InChI is InChI=1S/C20H19FN4O2S/c1-13-2-4-15(10-16(13)21)23-19(26)17-12-28-20(24-17)14-3-5-18(22-11-14)25-6-8-27-9-7-25/h2-5,10-12H,6-9H2,1H3,(H,23,26). The first kappa shape index (κ1) is 18.5. The number of hydrogen-bond acceptors (Lipinski definition) is 6. The summed E-state index contributed by atoms with van der Waals surface area (Å²) < 4.78 is 19.0. The lowest BCUT2D eigenvalue weighted by molar-refractivity contribution is 0.102. The number of morpholine rings is 1. The van der Waals surface area contributed by atoms with Crippen molar-refractivity contribution in [3.8, 4) is 10.6 Å². The van der Waals surface area contributed by atoms with Gasteiger partial charge in [0.15, 0.2) is 0 Å². The fraction of sp³-hybridized carbons (Fsp3) is 0.250. The number of aromatic nitrogens is 2. The number of carbonyl (C=O) groups is 1. The van der Waals surface area contributed by atoms with E-state index in [2.05, 4.69) is 20.2 Å². The van der Waals surface area contributed by atoms with Gasteiger partial charge >= 0.3 is 0 Å². The summed E-state index contributed by atoms with van der Waals surface area (Å²) in [7, 11) is 0. The van der Waals surface area contributed by atoms with Crippen molar-refractivity contribution in [1.29, 1.82) is 0 Å². The van der Waals surface area contributed by atoms with Crippen LogP contribution in [-0.2, 0) is 4.74 Å². The normalized spacial score (nSPS) is 14.1. The largest absolute Gasteiger partial charge is 0.378 e. The molecule has 0 radical (unpaired) electrons. The molecule has 3 heterocycles. The van der Waals surface area contributed by atoms with Gasteiger partial charge in [0, 0.05) is 35.9 Å². The van der Waals surface area contributed by atoms with Crippen LogP contribution in [0.3, 0.4) is 0 Å². The fourth-order valence-electron chi connectivity index (χ4n) is 2.87. The van der Waals surface area contributed by atoms with Gasteiger partial charge in [-0.05, 0) is 36.8 Å². The van der Waals surface area contributed by atoms with Crippen molar-refractivity contribution in [1.82, 2.24) is 9.97 Å². The molecule has 6 nitrogen and oxygen atoms in total. The number of hydrogen-bond donors (Lipinski definition) is 1. The predicted octanol–water partition coefficient (Wildman–Crippen LogP) is 3.74. The highest BCUT2D eigenvalue weighted by Gasteiger charge is 2.15. The first-order valence-electron chi connectivity index (χ1n) is 8.92. The summed E-state index contributed by atoms with van der Waals surface area (Å²) >= 11 is 1.37. The maximum Gasteiger partial charge on any atom is 0.275 e. The van der Waals surface area contributed by atoms with Crippen LogP contribution in [0.2, 0.25) is 0 Å². The molecule has 1 fully saturated rings. The highest BCUT2D eigenvalue weighted by atomic mass is 32.1. The molecule has 1 aliphatic rings. The van der Waals surface area contributed by atoms with E-state index in [1.807, 2.05) is 12.1 Å². The van der Waals surface area contributed by atoms with Crippen molar-refractivity contribution >= 4 is 28.7 Å². The number of pyridine rings is 1. The van der Waals surface area contributed by atoms with Gasteiger partial charge in [-0.15, -0.1) is 11.3 Å². The van der Waals surface area contributed by atoms with E-state index >= 15 is 0 Å². The molecule has 0 bridgehead atoms. The minimum absolute atomic E-state index is 0.290. The van der Waals surface area contributed by atoms with Crippen LogP contribution in [0.5, 0.6) is 0 Å². The third-order valence-corrected chi connectivity index (χ3v) is 5.39. The Bertz CT molecular complexity index is 984. The number of rotatable bonds is 4. The third-order valence-electron chi connectivity index (χ3n) is 4.50. The van der Waals surface area contributed by atoms with Gasteiger partial charge in [0.05, 0.1) is 13.2 Å². The average molecular weight is 398 g/mol. The Hall–Kier alpha value is -2.84. The molecule has 1 amide bonds. The molecule has 8 heteroatoms. The topological polar surface area (TPSA) is 67.4 Å². The molecule has 1 N–H and O–H groups in total. The molecule has 2 aromatic heterocycles. The minimum Gasteiger partial charge on any atom is -0.378 e. The second-order valence-corrected chi connectivity index (χ2v) is 7.32. The van der Waals surface area contributed by atoms with Crippen LogP contribution in [0.25, 0.3) is 10.6 Å². The predicted molar refractivity (Wildman–Crippen MR) is 107 cm³/mol. The molecule has 0 saturated carbocycles. The second kappa shape index (κ2) is 8.04. The van der Waals surface area contributed by atoms with E-state index in [4.69, 9.17) is 4.74 Å². The van der Waals surface area contributed by atoms with Gasteiger partial charge in [-0.1, -0.05) is 6.07 Å². The van der Waals surface area contributed by atoms with Crippen LogP contribution in [0.15, 0.2) is 41.9 Å².